The third-order valence-corrected chi connectivity index (χ3v) is 8.25. The summed E-state index contributed by atoms with van der Waals surface area (Å²) >= 11 is 1.98. The van der Waals surface area contributed by atoms with E-state index >= 15 is 0 Å². The second-order valence-electron chi connectivity index (χ2n) is 10.6. The van der Waals surface area contributed by atoms with Crippen molar-refractivity contribution in [1.82, 2.24) is 0 Å². The molecule has 1 fully saturated rings. The first-order valence-electron chi connectivity index (χ1n) is 11.1. The monoisotopic (exact) mass is 402 g/mol. The minimum atomic E-state index is -0.0609. The van der Waals surface area contributed by atoms with Crippen molar-refractivity contribution in [3.05, 3.63) is 41.0 Å². The van der Waals surface area contributed by atoms with Crippen LogP contribution in [0.2, 0.25) is 0 Å². The summed E-state index contributed by atoms with van der Waals surface area (Å²) in [6.07, 6.45) is 7.68. The molecule has 0 saturated heterocycles. The molecule has 1 aliphatic rings. The zero-order valence-corrected chi connectivity index (χ0v) is 20.1. The molecule has 0 aliphatic heterocycles. The number of benzene rings is 1. The molecule has 158 valence electrons. The number of phenolic OH excluding ortho intramolecular Hbond substituents is 1. The van der Waals surface area contributed by atoms with Gasteiger partial charge in [0.15, 0.2) is 0 Å². The standard InChI is InChI=1S/C26H42OS/c1-18(2)26(7,8)22-16-21(25(4,5)6)15-20(24(22)27)17-28-23-14-12-10-9-11-13-19(23)3/h15-16,18,23,27H,3,9-14,17H2,1-2,4-8H3. The predicted octanol–water partition coefficient (Wildman–Crippen LogP) is 8.14. The Hall–Kier alpha value is -0.890. The van der Waals surface area contributed by atoms with Crippen LogP contribution in [-0.2, 0) is 16.6 Å². The molecular formula is C26H42OS. The van der Waals surface area contributed by atoms with Crippen LogP contribution in [0.3, 0.4) is 0 Å². The van der Waals surface area contributed by atoms with E-state index in [9.17, 15) is 5.11 Å². The van der Waals surface area contributed by atoms with Crippen LogP contribution in [0, 0.1) is 5.92 Å². The Morgan fingerprint density at radius 1 is 1.07 bits per heavy atom. The van der Waals surface area contributed by atoms with Crippen LogP contribution in [-0.4, -0.2) is 10.4 Å². The van der Waals surface area contributed by atoms with Gasteiger partial charge in [0.1, 0.15) is 5.75 Å². The summed E-state index contributed by atoms with van der Waals surface area (Å²) in [5.74, 6) is 1.83. The molecule has 1 atom stereocenters. The first-order chi connectivity index (χ1) is 12.9. The van der Waals surface area contributed by atoms with Gasteiger partial charge in [-0.2, -0.15) is 0 Å². The van der Waals surface area contributed by atoms with Gasteiger partial charge in [0.05, 0.1) is 0 Å². The van der Waals surface area contributed by atoms with Crippen LogP contribution in [0.25, 0.3) is 0 Å². The maximum Gasteiger partial charge on any atom is 0.123 e. The van der Waals surface area contributed by atoms with Gasteiger partial charge in [0.25, 0.3) is 0 Å². The highest BCUT2D eigenvalue weighted by Gasteiger charge is 2.31. The zero-order chi connectivity index (χ0) is 21.1. The Morgan fingerprint density at radius 3 is 2.32 bits per heavy atom. The van der Waals surface area contributed by atoms with E-state index in [-0.39, 0.29) is 10.8 Å². The Labute approximate surface area is 178 Å². The molecule has 2 heteroatoms. The molecule has 1 saturated carbocycles. The second-order valence-corrected chi connectivity index (χ2v) is 11.8. The summed E-state index contributed by atoms with van der Waals surface area (Å²) in [5.41, 5.74) is 4.92. The fourth-order valence-electron chi connectivity index (χ4n) is 3.83. The fourth-order valence-corrected chi connectivity index (χ4v) is 5.12. The van der Waals surface area contributed by atoms with E-state index in [1.54, 1.807) is 0 Å². The number of phenols is 1. The number of aromatic hydroxyl groups is 1. The van der Waals surface area contributed by atoms with Gasteiger partial charge in [-0.15, -0.1) is 11.8 Å². The Balaban J connectivity index is 2.35. The van der Waals surface area contributed by atoms with Gasteiger partial charge in [-0.25, -0.2) is 0 Å². The summed E-state index contributed by atoms with van der Waals surface area (Å²) in [7, 11) is 0. The average molecular weight is 403 g/mol. The van der Waals surface area contributed by atoms with Crippen molar-refractivity contribution < 1.29 is 5.11 Å². The predicted molar refractivity (Wildman–Crippen MR) is 127 cm³/mol. The van der Waals surface area contributed by atoms with E-state index in [2.05, 4.69) is 67.2 Å². The number of hydrogen-bond acceptors (Lipinski definition) is 2. The smallest absolute Gasteiger partial charge is 0.123 e. The lowest BCUT2D eigenvalue weighted by molar-refractivity contribution is 0.349. The molecule has 1 aromatic rings. The molecule has 0 radical (unpaired) electrons. The molecular weight excluding hydrogens is 360 g/mol. The van der Waals surface area contributed by atoms with Crippen LogP contribution >= 0.6 is 11.8 Å². The highest BCUT2D eigenvalue weighted by Crippen LogP contribution is 2.43. The molecule has 0 aromatic heterocycles. The van der Waals surface area contributed by atoms with Gasteiger partial charge in [0.2, 0.25) is 0 Å². The molecule has 1 nitrogen and oxygen atoms in total. The van der Waals surface area contributed by atoms with Crippen molar-refractivity contribution in [3.63, 3.8) is 0 Å². The first kappa shape index (κ1) is 23.4. The lowest BCUT2D eigenvalue weighted by Gasteiger charge is -2.33. The third kappa shape index (κ3) is 5.59. The van der Waals surface area contributed by atoms with Gasteiger partial charge in [0, 0.05) is 22.1 Å². The van der Waals surface area contributed by atoms with Crippen molar-refractivity contribution in [2.75, 3.05) is 0 Å². The summed E-state index contributed by atoms with van der Waals surface area (Å²) < 4.78 is 0. The van der Waals surface area contributed by atoms with E-state index in [0.29, 0.717) is 16.9 Å². The molecule has 28 heavy (non-hydrogen) atoms. The summed E-state index contributed by atoms with van der Waals surface area (Å²) in [6.45, 7) is 20.2. The van der Waals surface area contributed by atoms with E-state index in [1.165, 1.54) is 43.2 Å². The fraction of sp³-hybridized carbons (Fsp3) is 0.692. The third-order valence-electron chi connectivity index (χ3n) is 6.80. The lowest BCUT2D eigenvalue weighted by atomic mass is 9.72. The molecule has 1 unspecified atom stereocenters. The normalized spacial score (nSPS) is 19.6. The Morgan fingerprint density at radius 2 is 1.71 bits per heavy atom. The number of hydrogen-bond donors (Lipinski definition) is 1. The molecule has 0 bridgehead atoms. The lowest BCUT2D eigenvalue weighted by Crippen LogP contribution is -2.26. The topological polar surface area (TPSA) is 20.2 Å². The van der Waals surface area contributed by atoms with E-state index in [4.69, 9.17) is 0 Å². The maximum absolute atomic E-state index is 11.2. The Bertz CT molecular complexity index is 678. The van der Waals surface area contributed by atoms with Crippen molar-refractivity contribution in [2.24, 2.45) is 5.92 Å². The highest BCUT2D eigenvalue weighted by atomic mass is 32.2. The number of rotatable bonds is 5. The Kier molecular flexibility index (Phi) is 7.76. The molecule has 0 amide bonds. The van der Waals surface area contributed by atoms with Crippen LogP contribution < -0.4 is 0 Å². The average Bonchev–Trinajstić information content (AvgIpc) is 2.57. The minimum absolute atomic E-state index is 0.0609. The van der Waals surface area contributed by atoms with Crippen molar-refractivity contribution in [3.8, 4) is 5.75 Å². The zero-order valence-electron chi connectivity index (χ0n) is 19.3. The molecule has 2 rings (SSSR count). The molecule has 0 spiro atoms. The van der Waals surface area contributed by atoms with E-state index < -0.39 is 0 Å². The van der Waals surface area contributed by atoms with Gasteiger partial charge in [-0.05, 0) is 41.6 Å². The largest absolute Gasteiger partial charge is 0.507 e. The summed E-state index contributed by atoms with van der Waals surface area (Å²) in [4.78, 5) is 0. The maximum atomic E-state index is 11.2. The van der Waals surface area contributed by atoms with Gasteiger partial charge < -0.3 is 5.11 Å². The number of thioether (sulfide) groups is 1. The highest BCUT2D eigenvalue weighted by molar-refractivity contribution is 7.99. The SMILES string of the molecule is C=C1CCCCCCC1SCc1cc(C(C)(C)C)cc(C(C)(C)C(C)C)c1O. The van der Waals surface area contributed by atoms with Crippen LogP contribution in [0.5, 0.6) is 5.75 Å². The molecule has 1 N–H and O–H groups in total. The minimum Gasteiger partial charge on any atom is -0.507 e. The quantitative estimate of drug-likeness (QED) is 0.501. The van der Waals surface area contributed by atoms with Crippen molar-refractivity contribution in [1.29, 1.82) is 0 Å². The van der Waals surface area contributed by atoms with E-state index in [0.717, 1.165) is 23.3 Å². The van der Waals surface area contributed by atoms with Crippen molar-refractivity contribution >= 4 is 11.8 Å². The van der Waals surface area contributed by atoms with Crippen LogP contribution in [0.15, 0.2) is 24.3 Å². The molecule has 1 aromatic carbocycles. The van der Waals surface area contributed by atoms with Gasteiger partial charge >= 0.3 is 0 Å². The van der Waals surface area contributed by atoms with Gasteiger partial charge in [-0.3, -0.25) is 0 Å². The van der Waals surface area contributed by atoms with Crippen LogP contribution in [0.4, 0.5) is 0 Å². The summed E-state index contributed by atoms with van der Waals surface area (Å²) in [5, 5.41) is 11.8. The summed E-state index contributed by atoms with van der Waals surface area (Å²) in [6, 6.07) is 4.49. The second kappa shape index (κ2) is 9.28. The molecule has 1 aliphatic carbocycles. The van der Waals surface area contributed by atoms with E-state index in [1.807, 2.05) is 11.8 Å². The van der Waals surface area contributed by atoms with Gasteiger partial charge in [-0.1, -0.05) is 92.0 Å². The van der Waals surface area contributed by atoms with Crippen molar-refractivity contribution in [2.45, 2.75) is 109 Å². The van der Waals surface area contributed by atoms with Crippen LogP contribution in [0.1, 0.15) is 104 Å². The first-order valence-corrected chi connectivity index (χ1v) is 12.2. The molecule has 0 heterocycles.